The number of Topliss-reactive ketones (excluding diaryl/α,β-unsaturated/α-hetero) is 1. The Kier molecular flexibility index (Phi) is 6.60. The minimum absolute atomic E-state index is 0.0433. The summed E-state index contributed by atoms with van der Waals surface area (Å²) in [7, 11) is 0. The Balaban J connectivity index is 1.39. The Labute approximate surface area is 215 Å². The molecule has 0 amide bonds. The van der Waals surface area contributed by atoms with E-state index in [1.807, 2.05) is 36.4 Å². The highest BCUT2D eigenvalue weighted by Gasteiger charge is 2.54. The number of hydrogen-bond donors (Lipinski definition) is 2. The van der Waals surface area contributed by atoms with Gasteiger partial charge in [-0.15, -0.1) is 0 Å². The quantitative estimate of drug-likeness (QED) is 0.436. The molecule has 2 aromatic heterocycles. The van der Waals surface area contributed by atoms with E-state index in [0.29, 0.717) is 11.6 Å². The molecule has 7 nitrogen and oxygen atoms in total. The lowest BCUT2D eigenvalue weighted by molar-refractivity contribution is -0.140. The molecule has 2 heterocycles. The lowest BCUT2D eigenvalue weighted by atomic mass is 9.62. The average molecular weight is 507 g/mol. The van der Waals surface area contributed by atoms with Crippen molar-refractivity contribution in [2.24, 2.45) is 11.3 Å². The molecule has 1 fully saturated rings. The summed E-state index contributed by atoms with van der Waals surface area (Å²) in [5.74, 6) is 0.378. The molecule has 0 radical (unpaired) electrons. The van der Waals surface area contributed by atoms with Crippen molar-refractivity contribution in [3.63, 3.8) is 0 Å². The number of rotatable bonds is 8. The topological polar surface area (TPSA) is 97.1 Å². The SMILES string of the molecule is CC(C)Cc1nc2cccnc2n1-c1ccc(C[C@H](NC2=C(Cl)C(=O)C23CCCCC3)C(=O)O)cc1. The number of carboxylic acid groups (broad SMARTS) is 1. The number of ketones is 1. The third-order valence-corrected chi connectivity index (χ3v) is 7.73. The first-order chi connectivity index (χ1) is 17.3. The van der Waals surface area contributed by atoms with Gasteiger partial charge in [-0.05, 0) is 48.6 Å². The fourth-order valence-electron chi connectivity index (χ4n) is 5.54. The van der Waals surface area contributed by atoms with Crippen LogP contribution in [0.25, 0.3) is 16.9 Å². The lowest BCUT2D eigenvalue weighted by Crippen LogP contribution is -2.53. The monoisotopic (exact) mass is 506 g/mol. The van der Waals surface area contributed by atoms with Crippen LogP contribution >= 0.6 is 11.6 Å². The first-order valence-corrected chi connectivity index (χ1v) is 13.0. The number of carbonyl (C=O) groups excluding carboxylic acids is 1. The summed E-state index contributed by atoms with van der Waals surface area (Å²) >= 11 is 6.28. The van der Waals surface area contributed by atoms with Crippen molar-refractivity contribution in [2.45, 2.75) is 64.8 Å². The van der Waals surface area contributed by atoms with Crippen LogP contribution in [0.4, 0.5) is 0 Å². The smallest absolute Gasteiger partial charge is 0.326 e. The maximum absolute atomic E-state index is 12.6. The summed E-state index contributed by atoms with van der Waals surface area (Å²) in [6.07, 6.45) is 7.33. The predicted octanol–water partition coefficient (Wildman–Crippen LogP) is 5.19. The van der Waals surface area contributed by atoms with E-state index in [-0.39, 0.29) is 17.2 Å². The van der Waals surface area contributed by atoms with E-state index in [0.717, 1.165) is 66.8 Å². The van der Waals surface area contributed by atoms with Gasteiger partial charge in [0, 0.05) is 30.4 Å². The van der Waals surface area contributed by atoms with Crippen molar-refractivity contribution < 1.29 is 14.7 Å². The van der Waals surface area contributed by atoms with E-state index in [1.165, 1.54) is 0 Å². The summed E-state index contributed by atoms with van der Waals surface area (Å²) in [6, 6.07) is 10.8. The van der Waals surface area contributed by atoms with Gasteiger partial charge in [0.25, 0.3) is 0 Å². The number of aromatic nitrogens is 3. The van der Waals surface area contributed by atoms with E-state index in [4.69, 9.17) is 16.6 Å². The standard InChI is InChI=1S/C28H31ClN4O3/c1-17(2)15-22-31-20-7-6-14-30-26(20)33(22)19-10-8-18(9-11-19)16-21(27(35)36)32-24-23(29)25(34)28(24)12-4-3-5-13-28/h6-11,14,17,21,32H,3-5,12-13,15-16H2,1-2H3,(H,35,36)/t21-/m0/s1. The highest BCUT2D eigenvalue weighted by atomic mass is 35.5. The van der Waals surface area contributed by atoms with Gasteiger partial charge >= 0.3 is 5.97 Å². The molecule has 5 rings (SSSR count). The molecule has 0 bridgehead atoms. The first-order valence-electron chi connectivity index (χ1n) is 12.7. The van der Waals surface area contributed by atoms with Crippen LogP contribution < -0.4 is 5.32 Å². The highest BCUT2D eigenvalue weighted by Crippen LogP contribution is 2.52. The van der Waals surface area contributed by atoms with Crippen molar-refractivity contribution in [1.82, 2.24) is 19.9 Å². The molecule has 0 saturated heterocycles. The summed E-state index contributed by atoms with van der Waals surface area (Å²) in [6.45, 7) is 4.32. The van der Waals surface area contributed by atoms with Crippen LogP contribution in [0.15, 0.2) is 53.3 Å². The maximum atomic E-state index is 12.6. The molecule has 2 aliphatic rings. The van der Waals surface area contributed by atoms with Gasteiger partial charge in [-0.2, -0.15) is 0 Å². The summed E-state index contributed by atoms with van der Waals surface area (Å²) in [5, 5.41) is 13.3. The number of nitrogens with zero attached hydrogens (tertiary/aromatic N) is 3. The molecule has 188 valence electrons. The van der Waals surface area contributed by atoms with Crippen molar-refractivity contribution >= 4 is 34.5 Å². The molecule has 3 aromatic rings. The van der Waals surface area contributed by atoms with Crippen molar-refractivity contribution in [2.75, 3.05) is 0 Å². The van der Waals surface area contributed by atoms with Crippen LogP contribution in [0.1, 0.15) is 57.3 Å². The lowest BCUT2D eigenvalue weighted by Gasteiger charge is -2.45. The average Bonchev–Trinajstić information content (AvgIpc) is 3.23. The van der Waals surface area contributed by atoms with Crippen molar-refractivity contribution in [3.8, 4) is 5.69 Å². The number of nitrogens with one attached hydrogen (secondary N) is 1. The normalized spacial score (nSPS) is 18.1. The van der Waals surface area contributed by atoms with Gasteiger partial charge in [-0.3, -0.25) is 9.36 Å². The molecule has 1 atom stereocenters. The van der Waals surface area contributed by atoms with Gasteiger partial charge in [-0.1, -0.05) is 56.8 Å². The number of allylic oxidation sites excluding steroid dienone is 2. The molecule has 1 spiro atoms. The molecule has 0 unspecified atom stereocenters. The van der Waals surface area contributed by atoms with Crippen LogP contribution in [-0.4, -0.2) is 37.4 Å². The third-order valence-electron chi connectivity index (χ3n) is 7.37. The third kappa shape index (κ3) is 4.30. The van der Waals surface area contributed by atoms with Crippen molar-refractivity contribution in [1.29, 1.82) is 0 Å². The molecule has 36 heavy (non-hydrogen) atoms. The zero-order valence-corrected chi connectivity index (χ0v) is 21.4. The molecular weight excluding hydrogens is 476 g/mol. The fourth-order valence-corrected chi connectivity index (χ4v) is 5.96. The van der Waals surface area contributed by atoms with Gasteiger partial charge < -0.3 is 10.4 Å². The predicted molar refractivity (Wildman–Crippen MR) is 139 cm³/mol. The Morgan fingerprint density at radius 1 is 1.14 bits per heavy atom. The molecule has 1 saturated carbocycles. The molecule has 2 aliphatic carbocycles. The minimum atomic E-state index is -0.967. The van der Waals surface area contributed by atoms with E-state index < -0.39 is 17.4 Å². The highest BCUT2D eigenvalue weighted by molar-refractivity contribution is 6.47. The van der Waals surface area contributed by atoms with E-state index >= 15 is 0 Å². The Hall–Kier alpha value is -3.19. The van der Waals surface area contributed by atoms with Crippen LogP contribution in [-0.2, 0) is 22.4 Å². The molecular formula is C28H31ClN4O3. The second-order valence-corrected chi connectivity index (χ2v) is 10.8. The fraction of sp³-hybridized carbons (Fsp3) is 0.429. The zero-order chi connectivity index (χ0) is 25.4. The van der Waals surface area contributed by atoms with Gasteiger partial charge in [0.05, 0.1) is 5.41 Å². The Morgan fingerprint density at radius 3 is 2.53 bits per heavy atom. The van der Waals surface area contributed by atoms with E-state index in [2.05, 4.69) is 28.7 Å². The van der Waals surface area contributed by atoms with Crippen LogP contribution in [0.2, 0.25) is 0 Å². The van der Waals surface area contributed by atoms with Crippen molar-refractivity contribution in [3.05, 3.63) is 64.7 Å². The number of halogens is 1. The summed E-state index contributed by atoms with van der Waals surface area (Å²) in [4.78, 5) is 34.1. The second kappa shape index (κ2) is 9.69. The minimum Gasteiger partial charge on any atom is -0.480 e. The maximum Gasteiger partial charge on any atom is 0.326 e. The molecule has 0 aliphatic heterocycles. The van der Waals surface area contributed by atoms with Gasteiger partial charge in [0.15, 0.2) is 11.4 Å². The number of benzene rings is 1. The number of carboxylic acids is 1. The number of fused-ring (bicyclic) bond motifs is 1. The van der Waals surface area contributed by atoms with Gasteiger partial charge in [-0.25, -0.2) is 14.8 Å². The number of aliphatic carboxylic acids is 1. The van der Waals surface area contributed by atoms with Crippen LogP contribution in [0.5, 0.6) is 0 Å². The number of pyridine rings is 1. The van der Waals surface area contributed by atoms with Gasteiger partial charge in [0.1, 0.15) is 22.4 Å². The Bertz CT molecular complexity index is 1340. The van der Waals surface area contributed by atoms with E-state index in [9.17, 15) is 14.7 Å². The van der Waals surface area contributed by atoms with Crippen LogP contribution in [0, 0.1) is 11.3 Å². The van der Waals surface area contributed by atoms with E-state index in [1.54, 1.807) is 6.20 Å². The zero-order valence-electron chi connectivity index (χ0n) is 20.6. The summed E-state index contributed by atoms with van der Waals surface area (Å²) < 4.78 is 2.07. The number of imidazole rings is 1. The second-order valence-electron chi connectivity index (χ2n) is 10.4. The first kappa shape index (κ1) is 24.5. The summed E-state index contributed by atoms with van der Waals surface area (Å²) in [5.41, 5.74) is 3.47. The molecule has 1 aromatic carbocycles. The number of hydrogen-bond acceptors (Lipinski definition) is 5. The largest absolute Gasteiger partial charge is 0.480 e. The molecule has 8 heteroatoms. The van der Waals surface area contributed by atoms with Gasteiger partial charge in [0.2, 0.25) is 0 Å². The Morgan fingerprint density at radius 2 is 1.86 bits per heavy atom. The molecule has 2 N–H and O–H groups in total. The number of carbonyl (C=O) groups is 2. The van der Waals surface area contributed by atoms with Crippen LogP contribution in [0.3, 0.4) is 0 Å².